The fraction of sp³-hybridized carbons (Fsp3) is 0.524. The first-order chi connectivity index (χ1) is 14.9. The van der Waals surface area contributed by atoms with Crippen molar-refractivity contribution in [3.8, 4) is 0 Å². The van der Waals surface area contributed by atoms with Gasteiger partial charge < -0.3 is 34.9 Å². The Morgan fingerprint density at radius 2 is 1.00 bits per heavy atom. The number of carbonyl (C=O) groups excluding carboxylic acids is 3. The molecule has 0 aliphatic carbocycles. The molecule has 0 fully saturated rings. The van der Waals surface area contributed by atoms with Crippen LogP contribution in [0.2, 0.25) is 0 Å². The van der Waals surface area contributed by atoms with Gasteiger partial charge in [0.2, 0.25) is 17.7 Å². The molecule has 10 heteroatoms. The fourth-order valence-corrected chi connectivity index (χ4v) is 2.25. The number of hydrogen-bond donors (Lipinski definition) is 3. The molecular formula is C21H33N3O7. The third kappa shape index (κ3) is 15.0. The highest BCUT2D eigenvalue weighted by Crippen LogP contribution is 2.20. The van der Waals surface area contributed by atoms with Crippen LogP contribution in [-0.4, -0.2) is 83.6 Å². The van der Waals surface area contributed by atoms with Gasteiger partial charge in [-0.15, -0.1) is 0 Å². The van der Waals surface area contributed by atoms with Gasteiger partial charge in [-0.3, -0.25) is 14.4 Å². The topological polar surface area (TPSA) is 124 Å². The average Bonchev–Trinajstić information content (AvgIpc) is 2.77. The molecule has 3 amide bonds. The first kappa shape index (κ1) is 28.5. The Morgan fingerprint density at radius 1 is 0.677 bits per heavy atom. The maximum Gasteiger partial charge on any atom is 0.243 e. The molecule has 0 spiro atoms. The molecule has 0 aliphatic heterocycles. The third-order valence-electron chi connectivity index (χ3n) is 3.81. The summed E-state index contributed by atoms with van der Waals surface area (Å²) in [6.45, 7) is 12.3. The van der Waals surface area contributed by atoms with E-state index in [0.717, 1.165) is 0 Å². The smallest absolute Gasteiger partial charge is 0.243 e. The van der Waals surface area contributed by atoms with Crippen LogP contribution in [0.25, 0.3) is 0 Å². The lowest BCUT2D eigenvalue weighted by Gasteiger charge is -2.32. The second-order valence-electron chi connectivity index (χ2n) is 6.45. The molecule has 0 unspecified atom stereocenters. The molecule has 0 saturated heterocycles. The first-order valence-corrected chi connectivity index (χ1v) is 9.68. The van der Waals surface area contributed by atoms with E-state index in [1.807, 2.05) is 0 Å². The highest BCUT2D eigenvalue weighted by molar-refractivity contribution is 5.87. The summed E-state index contributed by atoms with van der Waals surface area (Å²) in [5.41, 5.74) is -0.748. The van der Waals surface area contributed by atoms with Crippen LogP contribution >= 0.6 is 0 Å². The van der Waals surface area contributed by atoms with E-state index in [-0.39, 0.29) is 64.0 Å². The Bertz CT molecular complexity index is 507. The van der Waals surface area contributed by atoms with Crippen molar-refractivity contribution in [2.45, 2.75) is 0 Å². The van der Waals surface area contributed by atoms with E-state index < -0.39 is 5.41 Å². The van der Waals surface area contributed by atoms with Crippen LogP contribution in [0.15, 0.2) is 38.0 Å². The van der Waals surface area contributed by atoms with Crippen LogP contribution in [0.1, 0.15) is 0 Å². The van der Waals surface area contributed by atoms with E-state index in [1.54, 1.807) is 0 Å². The molecule has 0 heterocycles. The molecule has 0 bridgehead atoms. The van der Waals surface area contributed by atoms with E-state index in [2.05, 4.69) is 35.7 Å². The maximum absolute atomic E-state index is 11.2. The molecule has 174 valence electrons. The van der Waals surface area contributed by atoms with Crippen molar-refractivity contribution in [3.63, 3.8) is 0 Å². The van der Waals surface area contributed by atoms with Gasteiger partial charge in [0.1, 0.15) is 7.11 Å². The van der Waals surface area contributed by atoms with Crippen molar-refractivity contribution in [2.24, 2.45) is 5.41 Å². The van der Waals surface area contributed by atoms with Gasteiger partial charge >= 0.3 is 0 Å². The molecule has 2 radical (unpaired) electrons. The Kier molecular flexibility index (Phi) is 16.8. The van der Waals surface area contributed by atoms with Crippen LogP contribution in [0.3, 0.4) is 0 Å². The minimum absolute atomic E-state index is 0.0735. The van der Waals surface area contributed by atoms with Gasteiger partial charge in [-0.05, 0) is 18.2 Å². The molecule has 0 rings (SSSR count). The van der Waals surface area contributed by atoms with Crippen LogP contribution in [0.5, 0.6) is 0 Å². The van der Waals surface area contributed by atoms with E-state index >= 15 is 0 Å². The predicted molar refractivity (Wildman–Crippen MR) is 115 cm³/mol. The van der Waals surface area contributed by atoms with Crippen LogP contribution < -0.4 is 16.0 Å². The molecule has 3 N–H and O–H groups in total. The second kappa shape index (κ2) is 18.3. The summed E-state index contributed by atoms with van der Waals surface area (Å²) in [6.07, 6.45) is 3.51. The zero-order valence-corrected chi connectivity index (χ0v) is 17.9. The highest BCUT2D eigenvalue weighted by Gasteiger charge is 2.32. The molecule has 10 nitrogen and oxygen atoms in total. The number of amides is 3. The number of hydrogen-bond acceptors (Lipinski definition) is 7. The summed E-state index contributed by atoms with van der Waals surface area (Å²) in [4.78, 5) is 33.6. The van der Waals surface area contributed by atoms with Crippen LogP contribution in [0, 0.1) is 12.5 Å². The lowest BCUT2D eigenvalue weighted by Crippen LogP contribution is -2.43. The Labute approximate surface area is 184 Å². The monoisotopic (exact) mass is 439 g/mol. The SMILES string of the molecule is [CH]OCC(COCCNC(=O)C=C)(COCCNC(=O)C=C)COCCNC(=O)C=C. The predicted octanol–water partition coefficient (Wildman–Crippen LogP) is -0.386. The van der Waals surface area contributed by atoms with Gasteiger partial charge in [0.15, 0.2) is 0 Å². The average molecular weight is 440 g/mol. The minimum Gasteiger partial charge on any atom is -0.379 e. The Morgan fingerprint density at radius 3 is 1.26 bits per heavy atom. The van der Waals surface area contributed by atoms with E-state index in [0.29, 0.717) is 19.6 Å². The second-order valence-corrected chi connectivity index (χ2v) is 6.45. The standard InChI is InChI=1S/C21H33N3O7/c1-5-18(25)22-8-11-29-15-21(14-28-4,16-30-12-9-23-19(26)6-2)17-31-13-10-24-20(27)7-3/h4-7H,1-3,8-17H2,(H,22,25)(H,23,26)(H,24,27). The summed E-state index contributed by atoms with van der Waals surface area (Å²) in [6, 6.07) is 0. The molecule has 0 aromatic heterocycles. The van der Waals surface area contributed by atoms with Crippen molar-refractivity contribution in [1.82, 2.24) is 16.0 Å². The summed E-state index contributed by atoms with van der Waals surface area (Å²) in [7, 11) is 5.31. The van der Waals surface area contributed by atoms with E-state index in [1.165, 1.54) is 18.2 Å². The number of ether oxygens (including phenoxy) is 4. The van der Waals surface area contributed by atoms with Crippen molar-refractivity contribution in [3.05, 3.63) is 45.1 Å². The first-order valence-electron chi connectivity index (χ1n) is 9.68. The van der Waals surface area contributed by atoms with Gasteiger partial charge in [0.05, 0.1) is 51.7 Å². The fourth-order valence-electron chi connectivity index (χ4n) is 2.25. The van der Waals surface area contributed by atoms with Crippen molar-refractivity contribution < 1.29 is 33.3 Å². The molecular weight excluding hydrogens is 406 g/mol. The third-order valence-corrected chi connectivity index (χ3v) is 3.81. The Balaban J connectivity index is 4.67. The minimum atomic E-state index is -0.748. The largest absolute Gasteiger partial charge is 0.379 e. The molecule has 0 aliphatic rings. The van der Waals surface area contributed by atoms with Gasteiger partial charge in [-0.1, -0.05) is 19.7 Å². The van der Waals surface area contributed by atoms with Gasteiger partial charge in [0.25, 0.3) is 0 Å². The number of nitrogens with one attached hydrogen (secondary N) is 3. The lowest BCUT2D eigenvalue weighted by molar-refractivity contribution is -0.117. The quantitative estimate of drug-likeness (QED) is 0.174. The van der Waals surface area contributed by atoms with Gasteiger partial charge in [0, 0.05) is 19.6 Å². The summed E-state index contributed by atoms with van der Waals surface area (Å²) >= 11 is 0. The van der Waals surface area contributed by atoms with Crippen molar-refractivity contribution in [2.75, 3.05) is 65.9 Å². The molecule has 0 atom stereocenters. The zero-order valence-electron chi connectivity index (χ0n) is 17.9. The molecule has 31 heavy (non-hydrogen) atoms. The summed E-state index contributed by atoms with van der Waals surface area (Å²) in [5, 5.41) is 7.82. The summed E-state index contributed by atoms with van der Waals surface area (Å²) < 4.78 is 21.8. The lowest BCUT2D eigenvalue weighted by atomic mass is 9.92. The zero-order chi connectivity index (χ0) is 23.4. The summed E-state index contributed by atoms with van der Waals surface area (Å²) in [5.74, 6) is -0.889. The highest BCUT2D eigenvalue weighted by atomic mass is 16.5. The van der Waals surface area contributed by atoms with Crippen LogP contribution in [-0.2, 0) is 33.3 Å². The normalized spacial score (nSPS) is 10.7. The van der Waals surface area contributed by atoms with Crippen molar-refractivity contribution in [1.29, 1.82) is 0 Å². The molecule has 0 aromatic rings. The number of rotatable bonds is 20. The van der Waals surface area contributed by atoms with Gasteiger partial charge in [-0.25, -0.2) is 0 Å². The maximum atomic E-state index is 11.2. The Hall–Kier alpha value is -2.53. The molecule has 0 saturated carbocycles. The number of carbonyl (C=O) groups is 3. The van der Waals surface area contributed by atoms with Gasteiger partial charge in [-0.2, -0.15) is 0 Å². The van der Waals surface area contributed by atoms with E-state index in [4.69, 9.17) is 26.1 Å². The van der Waals surface area contributed by atoms with Crippen LogP contribution in [0.4, 0.5) is 0 Å². The van der Waals surface area contributed by atoms with Crippen molar-refractivity contribution >= 4 is 17.7 Å². The molecule has 0 aromatic carbocycles. The van der Waals surface area contributed by atoms with E-state index in [9.17, 15) is 14.4 Å².